The SMILES string of the molecule is CC(=O)O[C@H]1C[C@H](OC(=O)c2ccccc2)C[C@@H](COC(=O)c2ccccc2)O1. The van der Waals surface area contributed by atoms with Gasteiger partial charge in [0, 0.05) is 19.8 Å². The van der Waals surface area contributed by atoms with Crippen molar-refractivity contribution in [3.63, 3.8) is 0 Å². The van der Waals surface area contributed by atoms with E-state index in [1.54, 1.807) is 60.7 Å². The summed E-state index contributed by atoms with van der Waals surface area (Å²) in [5, 5.41) is 0. The lowest BCUT2D eigenvalue weighted by molar-refractivity contribution is -0.219. The smallest absolute Gasteiger partial charge is 0.338 e. The first-order valence-corrected chi connectivity index (χ1v) is 9.32. The zero-order valence-corrected chi connectivity index (χ0v) is 16.0. The zero-order chi connectivity index (χ0) is 20.6. The van der Waals surface area contributed by atoms with Crippen LogP contribution < -0.4 is 0 Å². The van der Waals surface area contributed by atoms with Crippen molar-refractivity contribution in [3.8, 4) is 0 Å². The van der Waals surface area contributed by atoms with Gasteiger partial charge < -0.3 is 18.9 Å². The van der Waals surface area contributed by atoms with E-state index in [-0.39, 0.29) is 13.0 Å². The van der Waals surface area contributed by atoms with E-state index in [1.165, 1.54) is 6.92 Å². The molecule has 7 nitrogen and oxygen atoms in total. The second kappa shape index (κ2) is 9.84. The summed E-state index contributed by atoms with van der Waals surface area (Å²) in [6.45, 7) is 1.22. The summed E-state index contributed by atoms with van der Waals surface area (Å²) in [4.78, 5) is 35.8. The van der Waals surface area contributed by atoms with Gasteiger partial charge in [0.2, 0.25) is 6.29 Å². The highest BCUT2D eigenvalue weighted by molar-refractivity contribution is 5.89. The molecule has 0 amide bonds. The molecule has 3 rings (SSSR count). The van der Waals surface area contributed by atoms with Crippen LogP contribution in [0.15, 0.2) is 60.7 Å². The maximum absolute atomic E-state index is 12.3. The van der Waals surface area contributed by atoms with Gasteiger partial charge in [-0.3, -0.25) is 4.79 Å². The first-order valence-electron chi connectivity index (χ1n) is 9.32. The van der Waals surface area contributed by atoms with E-state index in [9.17, 15) is 14.4 Å². The molecule has 1 fully saturated rings. The lowest BCUT2D eigenvalue weighted by Gasteiger charge is -2.34. The van der Waals surface area contributed by atoms with E-state index in [0.29, 0.717) is 17.5 Å². The summed E-state index contributed by atoms with van der Waals surface area (Å²) in [5.41, 5.74) is 0.849. The molecule has 0 saturated carbocycles. The van der Waals surface area contributed by atoms with Crippen LogP contribution in [0.25, 0.3) is 0 Å². The Labute approximate surface area is 168 Å². The second-order valence-electron chi connectivity index (χ2n) is 6.63. The maximum Gasteiger partial charge on any atom is 0.338 e. The van der Waals surface area contributed by atoms with Crippen LogP contribution in [-0.4, -0.2) is 43.0 Å². The van der Waals surface area contributed by atoms with Crippen LogP contribution in [-0.2, 0) is 23.7 Å². The summed E-state index contributed by atoms with van der Waals surface area (Å²) in [7, 11) is 0. The third kappa shape index (κ3) is 6.15. The quantitative estimate of drug-likeness (QED) is 0.546. The van der Waals surface area contributed by atoms with Gasteiger partial charge in [0.15, 0.2) is 0 Å². The van der Waals surface area contributed by atoms with E-state index in [0.717, 1.165) is 0 Å². The Bertz CT molecular complexity index is 835. The van der Waals surface area contributed by atoms with Crippen LogP contribution in [0.2, 0.25) is 0 Å². The van der Waals surface area contributed by atoms with Crippen molar-refractivity contribution in [2.75, 3.05) is 6.61 Å². The molecule has 2 aromatic carbocycles. The number of hydrogen-bond acceptors (Lipinski definition) is 7. The van der Waals surface area contributed by atoms with Gasteiger partial charge in [-0.25, -0.2) is 9.59 Å². The fourth-order valence-electron chi connectivity index (χ4n) is 3.01. The molecule has 0 unspecified atom stereocenters. The van der Waals surface area contributed by atoms with Gasteiger partial charge >= 0.3 is 17.9 Å². The highest BCUT2D eigenvalue weighted by Crippen LogP contribution is 2.25. The molecule has 1 saturated heterocycles. The van der Waals surface area contributed by atoms with E-state index in [1.807, 2.05) is 0 Å². The number of carbonyl (C=O) groups is 3. The molecule has 1 aliphatic heterocycles. The normalized spacial score (nSPS) is 21.1. The average molecular weight is 398 g/mol. The number of esters is 3. The molecule has 1 aliphatic rings. The predicted octanol–water partition coefficient (Wildman–Crippen LogP) is 3.14. The summed E-state index contributed by atoms with van der Waals surface area (Å²) in [6, 6.07) is 17.2. The Morgan fingerprint density at radius 2 is 1.45 bits per heavy atom. The van der Waals surface area contributed by atoms with Gasteiger partial charge in [0.1, 0.15) is 12.7 Å². The molecule has 0 aromatic heterocycles. The van der Waals surface area contributed by atoms with Crippen LogP contribution >= 0.6 is 0 Å². The minimum absolute atomic E-state index is 0.0507. The molecular weight excluding hydrogens is 376 g/mol. The molecule has 0 spiro atoms. The fourth-order valence-corrected chi connectivity index (χ4v) is 3.01. The number of carbonyl (C=O) groups excluding carboxylic acids is 3. The zero-order valence-electron chi connectivity index (χ0n) is 16.0. The molecule has 0 bridgehead atoms. The number of hydrogen-bond donors (Lipinski definition) is 0. The van der Waals surface area contributed by atoms with Gasteiger partial charge in [-0.15, -0.1) is 0 Å². The molecule has 152 valence electrons. The predicted molar refractivity (Wildman–Crippen MR) is 102 cm³/mol. The van der Waals surface area contributed by atoms with Crippen LogP contribution in [0.1, 0.15) is 40.5 Å². The van der Waals surface area contributed by atoms with Gasteiger partial charge in [0.05, 0.1) is 17.2 Å². The molecule has 29 heavy (non-hydrogen) atoms. The first kappa shape index (κ1) is 20.5. The Hall–Kier alpha value is -3.19. The van der Waals surface area contributed by atoms with Gasteiger partial charge in [-0.1, -0.05) is 36.4 Å². The second-order valence-corrected chi connectivity index (χ2v) is 6.63. The molecule has 2 aromatic rings. The number of benzene rings is 2. The van der Waals surface area contributed by atoms with Crippen molar-refractivity contribution in [3.05, 3.63) is 71.8 Å². The molecule has 1 heterocycles. The lowest BCUT2D eigenvalue weighted by Crippen LogP contribution is -2.42. The summed E-state index contributed by atoms with van der Waals surface area (Å²) in [5.74, 6) is -1.47. The fraction of sp³-hybridized carbons (Fsp3) is 0.318. The van der Waals surface area contributed by atoms with Crippen molar-refractivity contribution >= 4 is 17.9 Å². The van der Waals surface area contributed by atoms with Crippen LogP contribution in [0.5, 0.6) is 0 Å². The van der Waals surface area contributed by atoms with E-state index in [4.69, 9.17) is 18.9 Å². The van der Waals surface area contributed by atoms with Gasteiger partial charge in [-0.2, -0.15) is 0 Å². The van der Waals surface area contributed by atoms with Crippen LogP contribution in [0.4, 0.5) is 0 Å². The van der Waals surface area contributed by atoms with Crippen molar-refractivity contribution in [1.29, 1.82) is 0 Å². The van der Waals surface area contributed by atoms with Crippen molar-refractivity contribution in [2.45, 2.75) is 38.3 Å². The molecule has 0 aliphatic carbocycles. The Morgan fingerprint density at radius 3 is 2.03 bits per heavy atom. The Morgan fingerprint density at radius 1 is 0.862 bits per heavy atom. The number of rotatable bonds is 6. The number of ether oxygens (including phenoxy) is 4. The monoisotopic (exact) mass is 398 g/mol. The highest BCUT2D eigenvalue weighted by atomic mass is 16.7. The minimum Gasteiger partial charge on any atom is -0.459 e. The van der Waals surface area contributed by atoms with Crippen LogP contribution in [0, 0.1) is 0 Å². The van der Waals surface area contributed by atoms with Crippen molar-refractivity contribution < 1.29 is 33.3 Å². The molecule has 7 heteroatoms. The van der Waals surface area contributed by atoms with E-state index >= 15 is 0 Å². The summed E-state index contributed by atoms with van der Waals surface area (Å²) < 4.78 is 21.7. The maximum atomic E-state index is 12.3. The van der Waals surface area contributed by atoms with E-state index < -0.39 is 36.4 Å². The summed E-state index contributed by atoms with van der Waals surface area (Å²) in [6.07, 6.45) is -1.47. The van der Waals surface area contributed by atoms with Gasteiger partial charge in [0.25, 0.3) is 0 Å². The third-order valence-electron chi connectivity index (χ3n) is 4.32. The first-order chi connectivity index (χ1) is 14.0. The molecular formula is C22H22O7. The third-order valence-corrected chi connectivity index (χ3v) is 4.32. The van der Waals surface area contributed by atoms with Crippen LogP contribution in [0.3, 0.4) is 0 Å². The lowest BCUT2D eigenvalue weighted by atomic mass is 10.0. The topological polar surface area (TPSA) is 88.1 Å². The Kier molecular flexibility index (Phi) is 6.97. The Balaban J connectivity index is 1.61. The minimum atomic E-state index is -0.879. The molecule has 3 atom stereocenters. The highest BCUT2D eigenvalue weighted by Gasteiger charge is 2.34. The molecule has 0 radical (unpaired) electrons. The van der Waals surface area contributed by atoms with Gasteiger partial charge in [-0.05, 0) is 24.3 Å². The van der Waals surface area contributed by atoms with E-state index in [2.05, 4.69) is 0 Å². The standard InChI is InChI=1S/C22H22O7/c1-15(23)27-20-13-18(29-22(25)17-10-6-3-7-11-17)12-19(28-20)14-26-21(24)16-8-4-2-5-9-16/h2-11,18-20H,12-14H2,1H3/t18-,19+,20-/m1/s1. The summed E-state index contributed by atoms with van der Waals surface area (Å²) >= 11 is 0. The molecule has 0 N–H and O–H groups in total. The largest absolute Gasteiger partial charge is 0.459 e. The van der Waals surface area contributed by atoms with Crippen molar-refractivity contribution in [1.82, 2.24) is 0 Å². The average Bonchev–Trinajstić information content (AvgIpc) is 2.72. The van der Waals surface area contributed by atoms with Crippen molar-refractivity contribution in [2.24, 2.45) is 0 Å².